The fourth-order valence-electron chi connectivity index (χ4n) is 3.12. The molecule has 2 unspecified atom stereocenters. The molecule has 2 aliphatic heterocycles. The van der Waals surface area contributed by atoms with Crippen molar-refractivity contribution < 1.29 is 0 Å². The van der Waals surface area contributed by atoms with E-state index < -0.39 is 0 Å². The van der Waals surface area contributed by atoms with Crippen molar-refractivity contribution in [3.05, 3.63) is 22.9 Å². The summed E-state index contributed by atoms with van der Waals surface area (Å²) in [5.74, 6) is 0. The molecule has 4 heteroatoms. The maximum atomic E-state index is 4.21. The van der Waals surface area contributed by atoms with Gasteiger partial charge in [0.05, 0.1) is 11.9 Å². The summed E-state index contributed by atoms with van der Waals surface area (Å²) in [5, 5.41) is 3.65. The molecule has 3 heterocycles. The third kappa shape index (κ3) is 2.47. The molecule has 3 nitrogen and oxygen atoms in total. The molecule has 0 aliphatic carbocycles. The predicted molar refractivity (Wildman–Crippen MR) is 73.2 cm³/mol. The number of hydrogen-bond acceptors (Lipinski definition) is 3. The number of piperidine rings is 1. The van der Waals surface area contributed by atoms with Crippen LogP contribution in [0.25, 0.3) is 0 Å². The summed E-state index contributed by atoms with van der Waals surface area (Å²) in [5.41, 5.74) is 1.14. The Balaban J connectivity index is 1.69. The van der Waals surface area contributed by atoms with Crippen molar-refractivity contribution >= 4 is 21.6 Å². The standard InChI is InChI=1S/C13H18BrN3/c14-10-7-11(9-15-8-10)16-12-4-6-17-5-2-1-3-13(12)17/h7-9,12-13,16H,1-6H2. The Labute approximate surface area is 111 Å². The van der Waals surface area contributed by atoms with E-state index in [1.807, 2.05) is 12.4 Å². The van der Waals surface area contributed by atoms with Crippen LogP contribution in [0.4, 0.5) is 5.69 Å². The molecular weight excluding hydrogens is 278 g/mol. The summed E-state index contributed by atoms with van der Waals surface area (Å²) in [6.45, 7) is 2.54. The normalized spacial score (nSPS) is 29.0. The molecule has 1 N–H and O–H groups in total. The number of anilines is 1. The van der Waals surface area contributed by atoms with Gasteiger partial charge in [-0.1, -0.05) is 6.42 Å². The van der Waals surface area contributed by atoms with Gasteiger partial charge in [0.2, 0.25) is 0 Å². The molecule has 92 valence electrons. The number of nitrogens with one attached hydrogen (secondary N) is 1. The first-order valence-electron chi connectivity index (χ1n) is 6.44. The Morgan fingerprint density at radius 2 is 2.18 bits per heavy atom. The quantitative estimate of drug-likeness (QED) is 0.909. The summed E-state index contributed by atoms with van der Waals surface area (Å²) in [4.78, 5) is 6.85. The molecule has 0 amide bonds. The zero-order valence-corrected chi connectivity index (χ0v) is 11.5. The first kappa shape index (κ1) is 11.5. The maximum Gasteiger partial charge on any atom is 0.0540 e. The number of halogens is 1. The zero-order chi connectivity index (χ0) is 11.7. The molecule has 0 radical (unpaired) electrons. The predicted octanol–water partition coefficient (Wildman–Crippen LogP) is 2.88. The summed E-state index contributed by atoms with van der Waals surface area (Å²) >= 11 is 3.47. The van der Waals surface area contributed by atoms with Gasteiger partial charge in [0.25, 0.3) is 0 Å². The summed E-state index contributed by atoms with van der Waals surface area (Å²) in [7, 11) is 0. The third-order valence-electron chi connectivity index (χ3n) is 3.91. The second-order valence-corrected chi connectivity index (χ2v) is 5.95. The van der Waals surface area contributed by atoms with Crippen molar-refractivity contribution in [1.29, 1.82) is 0 Å². The molecule has 3 rings (SSSR count). The lowest BCUT2D eigenvalue weighted by atomic mass is 9.99. The van der Waals surface area contributed by atoms with E-state index in [1.165, 1.54) is 38.8 Å². The highest BCUT2D eigenvalue weighted by Crippen LogP contribution is 2.29. The molecular formula is C13H18BrN3. The molecule has 2 aliphatic rings. The van der Waals surface area contributed by atoms with Crippen molar-refractivity contribution in [2.24, 2.45) is 0 Å². The van der Waals surface area contributed by atoms with Crippen LogP contribution in [-0.2, 0) is 0 Å². The van der Waals surface area contributed by atoms with Gasteiger partial charge in [0, 0.05) is 29.3 Å². The molecule has 17 heavy (non-hydrogen) atoms. The van der Waals surface area contributed by atoms with E-state index in [9.17, 15) is 0 Å². The summed E-state index contributed by atoms with van der Waals surface area (Å²) in [6.07, 6.45) is 9.11. The van der Waals surface area contributed by atoms with Crippen LogP contribution in [0.3, 0.4) is 0 Å². The van der Waals surface area contributed by atoms with Crippen LogP contribution in [-0.4, -0.2) is 35.1 Å². The van der Waals surface area contributed by atoms with Crippen molar-refractivity contribution in [1.82, 2.24) is 9.88 Å². The minimum atomic E-state index is 0.603. The van der Waals surface area contributed by atoms with Crippen LogP contribution in [0, 0.1) is 0 Å². The SMILES string of the molecule is Brc1cncc(NC2CCN3CCCCC23)c1. The van der Waals surface area contributed by atoms with Crippen LogP contribution in [0.15, 0.2) is 22.9 Å². The molecule has 2 saturated heterocycles. The van der Waals surface area contributed by atoms with E-state index >= 15 is 0 Å². The van der Waals surface area contributed by atoms with Crippen molar-refractivity contribution in [2.75, 3.05) is 18.4 Å². The van der Waals surface area contributed by atoms with Gasteiger partial charge in [0.15, 0.2) is 0 Å². The monoisotopic (exact) mass is 295 g/mol. The molecule has 2 atom stereocenters. The van der Waals surface area contributed by atoms with Gasteiger partial charge in [-0.2, -0.15) is 0 Å². The summed E-state index contributed by atoms with van der Waals surface area (Å²) < 4.78 is 1.04. The Morgan fingerprint density at radius 1 is 1.24 bits per heavy atom. The second-order valence-electron chi connectivity index (χ2n) is 5.03. The molecule has 0 saturated carbocycles. The van der Waals surface area contributed by atoms with Crippen LogP contribution in [0.1, 0.15) is 25.7 Å². The van der Waals surface area contributed by atoms with Crippen molar-refractivity contribution in [3.8, 4) is 0 Å². The van der Waals surface area contributed by atoms with Gasteiger partial charge < -0.3 is 5.32 Å². The van der Waals surface area contributed by atoms with Gasteiger partial charge in [0.1, 0.15) is 0 Å². The molecule has 2 fully saturated rings. The topological polar surface area (TPSA) is 28.2 Å². The van der Waals surface area contributed by atoms with Gasteiger partial charge in [-0.3, -0.25) is 9.88 Å². The zero-order valence-electron chi connectivity index (χ0n) is 9.90. The number of hydrogen-bond donors (Lipinski definition) is 1. The summed E-state index contributed by atoms with van der Waals surface area (Å²) in [6, 6.07) is 3.45. The first-order valence-corrected chi connectivity index (χ1v) is 7.23. The van der Waals surface area contributed by atoms with Gasteiger partial charge in [-0.25, -0.2) is 0 Å². The Bertz CT molecular complexity index is 396. The van der Waals surface area contributed by atoms with Gasteiger partial charge in [-0.15, -0.1) is 0 Å². The van der Waals surface area contributed by atoms with E-state index in [0.717, 1.165) is 16.2 Å². The number of aromatic nitrogens is 1. The highest BCUT2D eigenvalue weighted by atomic mass is 79.9. The minimum absolute atomic E-state index is 0.603. The van der Waals surface area contributed by atoms with Crippen LogP contribution >= 0.6 is 15.9 Å². The lowest BCUT2D eigenvalue weighted by Crippen LogP contribution is -2.41. The largest absolute Gasteiger partial charge is 0.379 e. The fraction of sp³-hybridized carbons (Fsp3) is 0.615. The number of pyridine rings is 1. The van der Waals surface area contributed by atoms with E-state index in [2.05, 4.69) is 37.2 Å². The van der Waals surface area contributed by atoms with Gasteiger partial charge in [-0.05, 0) is 47.8 Å². The van der Waals surface area contributed by atoms with Crippen molar-refractivity contribution in [2.45, 2.75) is 37.8 Å². The molecule has 0 spiro atoms. The van der Waals surface area contributed by atoms with E-state index in [1.54, 1.807) is 0 Å². The van der Waals surface area contributed by atoms with Crippen LogP contribution < -0.4 is 5.32 Å². The highest BCUT2D eigenvalue weighted by Gasteiger charge is 2.35. The third-order valence-corrected chi connectivity index (χ3v) is 4.35. The lowest BCUT2D eigenvalue weighted by molar-refractivity contribution is 0.193. The smallest absolute Gasteiger partial charge is 0.0540 e. The fourth-order valence-corrected chi connectivity index (χ4v) is 3.49. The molecule has 1 aromatic rings. The Kier molecular flexibility index (Phi) is 3.34. The highest BCUT2D eigenvalue weighted by molar-refractivity contribution is 9.10. The van der Waals surface area contributed by atoms with E-state index in [0.29, 0.717) is 6.04 Å². The van der Waals surface area contributed by atoms with Crippen LogP contribution in [0.2, 0.25) is 0 Å². The number of fused-ring (bicyclic) bond motifs is 1. The van der Waals surface area contributed by atoms with Crippen LogP contribution in [0.5, 0.6) is 0 Å². The Hall–Kier alpha value is -0.610. The van der Waals surface area contributed by atoms with E-state index in [4.69, 9.17) is 0 Å². The van der Waals surface area contributed by atoms with Crippen molar-refractivity contribution in [3.63, 3.8) is 0 Å². The molecule has 0 aromatic carbocycles. The van der Waals surface area contributed by atoms with Gasteiger partial charge >= 0.3 is 0 Å². The number of nitrogens with zero attached hydrogens (tertiary/aromatic N) is 2. The second kappa shape index (κ2) is 4.94. The Morgan fingerprint density at radius 3 is 3.06 bits per heavy atom. The minimum Gasteiger partial charge on any atom is -0.379 e. The average Bonchev–Trinajstić information content (AvgIpc) is 2.73. The van der Waals surface area contributed by atoms with E-state index in [-0.39, 0.29) is 0 Å². The molecule has 0 bridgehead atoms. The first-order chi connectivity index (χ1) is 8.33. The maximum absolute atomic E-state index is 4.21. The lowest BCUT2D eigenvalue weighted by Gasteiger charge is -2.32. The average molecular weight is 296 g/mol. The molecule has 1 aromatic heterocycles. The number of rotatable bonds is 2.